The molecule has 136 valence electrons. The maximum absolute atomic E-state index is 12.2. The number of alkyl carbamates (subject to hydrolysis) is 1. The summed E-state index contributed by atoms with van der Waals surface area (Å²) >= 11 is 6.05. The van der Waals surface area contributed by atoms with Gasteiger partial charge in [0.15, 0.2) is 11.9 Å². The number of hydrogen-bond acceptors (Lipinski definition) is 5. The largest absolute Gasteiger partial charge is 0.477 e. The lowest BCUT2D eigenvalue weighted by molar-refractivity contribution is -0.125. The molecular formula is C16H20ClN3O5. The fraction of sp³-hybridized carbons (Fsp3) is 0.438. The first-order chi connectivity index (χ1) is 11.6. The molecule has 2 atom stereocenters. The first-order valence-corrected chi connectivity index (χ1v) is 7.99. The number of anilines is 1. The molecule has 1 heterocycles. The Hall–Kier alpha value is -2.48. The first-order valence-electron chi connectivity index (χ1n) is 7.61. The van der Waals surface area contributed by atoms with Gasteiger partial charge in [-0.1, -0.05) is 17.7 Å². The van der Waals surface area contributed by atoms with Crippen LogP contribution in [0.5, 0.6) is 5.75 Å². The summed E-state index contributed by atoms with van der Waals surface area (Å²) in [6.07, 6.45) is -2.02. The number of nitrogens with one attached hydrogen (secondary N) is 2. The maximum Gasteiger partial charge on any atom is 0.408 e. The van der Waals surface area contributed by atoms with Crippen molar-refractivity contribution in [2.75, 3.05) is 5.32 Å². The molecule has 0 spiro atoms. The van der Waals surface area contributed by atoms with Crippen molar-refractivity contribution in [2.45, 2.75) is 44.9 Å². The van der Waals surface area contributed by atoms with Crippen molar-refractivity contribution in [3.8, 4) is 5.75 Å². The zero-order chi connectivity index (χ0) is 18.8. The van der Waals surface area contributed by atoms with Crippen LogP contribution in [0.3, 0.4) is 0 Å². The van der Waals surface area contributed by atoms with Gasteiger partial charge in [-0.3, -0.25) is 9.59 Å². The number of carbonyl (C=O) groups is 3. The van der Waals surface area contributed by atoms with E-state index in [4.69, 9.17) is 26.8 Å². The Balaban J connectivity index is 2.09. The third-order valence-electron chi connectivity index (χ3n) is 3.26. The number of carbonyl (C=O) groups excluding carboxylic acids is 3. The second-order valence-electron chi connectivity index (χ2n) is 6.55. The minimum Gasteiger partial charge on any atom is -0.477 e. The Morgan fingerprint density at radius 1 is 1.44 bits per heavy atom. The van der Waals surface area contributed by atoms with Crippen LogP contribution in [0, 0.1) is 0 Å². The van der Waals surface area contributed by atoms with E-state index in [2.05, 4.69) is 10.6 Å². The summed E-state index contributed by atoms with van der Waals surface area (Å²) in [6.45, 7) is 5.05. The SMILES string of the molecule is CC(C)(C)OC(=O)N[C@@H](C[C@@H]1Oc2c(Cl)cccc2NC1=O)C(N)=O. The average molecular weight is 370 g/mol. The summed E-state index contributed by atoms with van der Waals surface area (Å²) in [6, 6.07) is 3.77. The molecule has 0 aromatic heterocycles. The van der Waals surface area contributed by atoms with E-state index < -0.39 is 35.7 Å². The smallest absolute Gasteiger partial charge is 0.408 e. The van der Waals surface area contributed by atoms with Gasteiger partial charge in [0.05, 0.1) is 10.7 Å². The Morgan fingerprint density at radius 3 is 2.72 bits per heavy atom. The van der Waals surface area contributed by atoms with Gasteiger partial charge in [0.25, 0.3) is 5.91 Å². The van der Waals surface area contributed by atoms with Crippen molar-refractivity contribution in [3.63, 3.8) is 0 Å². The summed E-state index contributed by atoms with van der Waals surface area (Å²) in [4.78, 5) is 35.6. The zero-order valence-electron chi connectivity index (χ0n) is 14.1. The molecule has 8 nitrogen and oxygen atoms in total. The molecule has 0 aliphatic carbocycles. The molecule has 1 aliphatic heterocycles. The summed E-state index contributed by atoms with van der Waals surface area (Å²) in [5.41, 5.74) is 5.01. The van der Waals surface area contributed by atoms with E-state index in [1.165, 1.54) is 0 Å². The van der Waals surface area contributed by atoms with Gasteiger partial charge in [-0.2, -0.15) is 0 Å². The van der Waals surface area contributed by atoms with E-state index in [-0.39, 0.29) is 6.42 Å². The molecule has 0 bridgehead atoms. The molecular weight excluding hydrogens is 350 g/mol. The summed E-state index contributed by atoms with van der Waals surface area (Å²) in [5, 5.41) is 5.31. The molecule has 1 aromatic carbocycles. The van der Waals surface area contributed by atoms with E-state index in [0.717, 1.165) is 0 Å². The van der Waals surface area contributed by atoms with Crippen molar-refractivity contribution in [1.29, 1.82) is 0 Å². The summed E-state index contributed by atoms with van der Waals surface area (Å²) < 4.78 is 10.7. The van der Waals surface area contributed by atoms with Crippen LogP contribution >= 0.6 is 11.6 Å². The number of para-hydroxylation sites is 1. The lowest BCUT2D eigenvalue weighted by Crippen LogP contribution is -2.51. The normalized spacial score (nSPS) is 17.6. The highest BCUT2D eigenvalue weighted by Crippen LogP contribution is 2.37. The molecule has 1 aromatic rings. The molecule has 0 fully saturated rings. The number of primary amides is 1. The van der Waals surface area contributed by atoms with Crippen molar-refractivity contribution in [3.05, 3.63) is 23.2 Å². The Morgan fingerprint density at radius 2 is 2.12 bits per heavy atom. The third kappa shape index (κ3) is 4.99. The van der Waals surface area contributed by atoms with E-state index in [9.17, 15) is 14.4 Å². The van der Waals surface area contributed by atoms with Crippen LogP contribution in [0.2, 0.25) is 5.02 Å². The van der Waals surface area contributed by atoms with Crippen molar-refractivity contribution in [2.24, 2.45) is 5.73 Å². The molecule has 9 heteroatoms. The van der Waals surface area contributed by atoms with E-state index >= 15 is 0 Å². The number of benzene rings is 1. The molecule has 0 saturated heterocycles. The molecule has 2 rings (SSSR count). The number of nitrogens with two attached hydrogens (primary N) is 1. The maximum atomic E-state index is 12.2. The van der Waals surface area contributed by atoms with Gasteiger partial charge in [0.2, 0.25) is 5.91 Å². The minimum absolute atomic E-state index is 0.162. The highest BCUT2D eigenvalue weighted by Gasteiger charge is 2.34. The Labute approximate surface area is 150 Å². The van der Waals surface area contributed by atoms with Crippen LogP contribution in [0.4, 0.5) is 10.5 Å². The molecule has 4 N–H and O–H groups in total. The first kappa shape index (κ1) is 18.9. The number of halogens is 1. The lowest BCUT2D eigenvalue weighted by atomic mass is 10.1. The third-order valence-corrected chi connectivity index (χ3v) is 3.56. The number of fused-ring (bicyclic) bond motifs is 1. The van der Waals surface area contributed by atoms with Gasteiger partial charge >= 0.3 is 6.09 Å². The summed E-state index contributed by atoms with van der Waals surface area (Å²) in [5.74, 6) is -0.978. The van der Waals surface area contributed by atoms with Crippen LogP contribution in [-0.4, -0.2) is 35.7 Å². The fourth-order valence-corrected chi connectivity index (χ4v) is 2.42. The minimum atomic E-state index is -1.14. The number of hydrogen-bond donors (Lipinski definition) is 3. The van der Waals surface area contributed by atoms with Crippen LogP contribution in [0.25, 0.3) is 0 Å². The van der Waals surface area contributed by atoms with Crippen LogP contribution in [0.1, 0.15) is 27.2 Å². The second kappa shape index (κ2) is 7.18. The molecule has 1 aliphatic rings. The van der Waals surface area contributed by atoms with Crippen LogP contribution in [0.15, 0.2) is 18.2 Å². The van der Waals surface area contributed by atoms with Crippen molar-refractivity contribution in [1.82, 2.24) is 5.32 Å². The molecule has 25 heavy (non-hydrogen) atoms. The van der Waals surface area contributed by atoms with Gasteiger partial charge < -0.3 is 25.8 Å². The van der Waals surface area contributed by atoms with E-state index in [1.807, 2.05) is 0 Å². The van der Waals surface area contributed by atoms with Crippen LogP contribution in [-0.2, 0) is 14.3 Å². The molecule has 0 radical (unpaired) electrons. The quantitative estimate of drug-likeness (QED) is 0.747. The Bertz CT molecular complexity index is 702. The fourth-order valence-electron chi connectivity index (χ4n) is 2.20. The van der Waals surface area contributed by atoms with E-state index in [1.54, 1.807) is 39.0 Å². The van der Waals surface area contributed by atoms with Gasteiger partial charge in [0, 0.05) is 6.42 Å². The second-order valence-corrected chi connectivity index (χ2v) is 6.96. The van der Waals surface area contributed by atoms with Gasteiger partial charge in [-0.05, 0) is 32.9 Å². The van der Waals surface area contributed by atoms with E-state index in [0.29, 0.717) is 16.5 Å². The molecule has 0 saturated carbocycles. The van der Waals surface area contributed by atoms with Gasteiger partial charge in [-0.15, -0.1) is 0 Å². The molecule has 3 amide bonds. The average Bonchev–Trinajstić information content (AvgIpc) is 2.46. The summed E-state index contributed by atoms with van der Waals surface area (Å²) in [7, 11) is 0. The highest BCUT2D eigenvalue weighted by molar-refractivity contribution is 6.32. The van der Waals surface area contributed by atoms with Crippen LogP contribution < -0.4 is 21.1 Å². The zero-order valence-corrected chi connectivity index (χ0v) is 14.8. The predicted octanol–water partition coefficient (Wildman–Crippen LogP) is 1.81. The number of ether oxygens (including phenoxy) is 2. The Kier molecular flexibility index (Phi) is 5.42. The predicted molar refractivity (Wildman–Crippen MR) is 91.5 cm³/mol. The monoisotopic (exact) mass is 369 g/mol. The topological polar surface area (TPSA) is 120 Å². The standard InChI is InChI=1S/C16H20ClN3O5/c1-16(2,3)25-15(23)20-10(13(18)21)7-11-14(22)19-9-6-4-5-8(17)12(9)24-11/h4-6,10-11H,7H2,1-3H3,(H2,18,21)(H,19,22)(H,20,23)/t10-,11-/m0/s1. The van der Waals surface area contributed by atoms with Gasteiger partial charge in [0.1, 0.15) is 11.6 Å². The number of rotatable bonds is 4. The highest BCUT2D eigenvalue weighted by atomic mass is 35.5. The molecule has 0 unspecified atom stereocenters. The lowest BCUT2D eigenvalue weighted by Gasteiger charge is -2.29. The van der Waals surface area contributed by atoms with Gasteiger partial charge in [-0.25, -0.2) is 4.79 Å². The van der Waals surface area contributed by atoms with Crippen molar-refractivity contribution >= 4 is 35.2 Å². The number of amides is 3. The van der Waals surface area contributed by atoms with Crippen molar-refractivity contribution < 1.29 is 23.9 Å².